The first-order valence-electron chi connectivity index (χ1n) is 7.26. The third kappa shape index (κ3) is 3.75. The summed E-state index contributed by atoms with van der Waals surface area (Å²) in [6, 6.07) is 3.12. The summed E-state index contributed by atoms with van der Waals surface area (Å²) >= 11 is 0. The van der Waals surface area contributed by atoms with E-state index in [-0.39, 0.29) is 11.3 Å². The number of aryl methyl sites for hydroxylation is 1. The van der Waals surface area contributed by atoms with Crippen LogP contribution in [-0.4, -0.2) is 33.5 Å². The van der Waals surface area contributed by atoms with Crippen LogP contribution < -0.4 is 10.7 Å². The van der Waals surface area contributed by atoms with Crippen molar-refractivity contribution in [3.05, 3.63) is 34.2 Å². The standard InChI is InChI=1S/C16H19NO6/c1-2-17-5-3-4-9-6-14(21)15(22)16(23-9)10-7-12(19)13(20)8-11(10)18/h6-8,17-20,22H,2-5H2,1H3. The molecule has 1 heterocycles. The topological polar surface area (TPSA) is 123 Å². The van der Waals surface area contributed by atoms with E-state index in [4.69, 9.17) is 4.42 Å². The Labute approximate surface area is 132 Å². The highest BCUT2D eigenvalue weighted by molar-refractivity contribution is 5.73. The van der Waals surface area contributed by atoms with Crippen LogP contribution in [0.2, 0.25) is 0 Å². The number of aromatic hydroxyl groups is 4. The lowest BCUT2D eigenvalue weighted by Gasteiger charge is -2.10. The van der Waals surface area contributed by atoms with E-state index in [0.717, 1.165) is 31.6 Å². The maximum atomic E-state index is 11.9. The largest absolute Gasteiger partial charge is 0.507 e. The summed E-state index contributed by atoms with van der Waals surface area (Å²) in [4.78, 5) is 11.9. The zero-order chi connectivity index (χ0) is 17.0. The fourth-order valence-electron chi connectivity index (χ4n) is 2.15. The second-order valence-corrected chi connectivity index (χ2v) is 5.07. The van der Waals surface area contributed by atoms with Gasteiger partial charge < -0.3 is 30.2 Å². The number of hydrogen-bond acceptors (Lipinski definition) is 7. The molecule has 0 aliphatic carbocycles. The molecule has 0 fully saturated rings. The Bertz CT molecular complexity index is 753. The van der Waals surface area contributed by atoms with Gasteiger partial charge in [-0.2, -0.15) is 0 Å². The van der Waals surface area contributed by atoms with E-state index in [1.165, 1.54) is 6.07 Å². The van der Waals surface area contributed by atoms with Crippen LogP contribution in [0.25, 0.3) is 11.3 Å². The summed E-state index contributed by atoms with van der Waals surface area (Å²) in [5, 5.41) is 41.8. The molecule has 0 atom stereocenters. The minimum absolute atomic E-state index is 0.0802. The van der Waals surface area contributed by atoms with Crippen molar-refractivity contribution >= 4 is 0 Å². The summed E-state index contributed by atoms with van der Waals surface area (Å²) in [5.41, 5.74) is -0.722. The van der Waals surface area contributed by atoms with E-state index in [9.17, 15) is 25.2 Å². The average Bonchev–Trinajstić information content (AvgIpc) is 2.51. The van der Waals surface area contributed by atoms with E-state index in [2.05, 4.69) is 5.32 Å². The zero-order valence-corrected chi connectivity index (χ0v) is 12.7. The average molecular weight is 321 g/mol. The van der Waals surface area contributed by atoms with Crippen molar-refractivity contribution in [3.63, 3.8) is 0 Å². The Hall–Kier alpha value is -2.67. The first-order chi connectivity index (χ1) is 10.9. The van der Waals surface area contributed by atoms with Crippen LogP contribution >= 0.6 is 0 Å². The molecule has 0 amide bonds. The molecule has 0 radical (unpaired) electrons. The van der Waals surface area contributed by atoms with E-state index in [1.807, 2.05) is 6.92 Å². The smallest absolute Gasteiger partial charge is 0.227 e. The SMILES string of the molecule is CCNCCCc1cc(=O)c(O)c(-c2cc(O)c(O)cc2O)o1. The Morgan fingerprint density at radius 3 is 2.43 bits per heavy atom. The normalized spacial score (nSPS) is 10.8. The molecule has 0 bridgehead atoms. The minimum Gasteiger partial charge on any atom is -0.507 e. The van der Waals surface area contributed by atoms with Gasteiger partial charge in [-0.15, -0.1) is 0 Å². The number of benzene rings is 1. The second-order valence-electron chi connectivity index (χ2n) is 5.07. The molecule has 5 N–H and O–H groups in total. The molecule has 23 heavy (non-hydrogen) atoms. The summed E-state index contributed by atoms with van der Waals surface area (Å²) in [6.45, 7) is 3.58. The predicted octanol–water partition coefficient (Wildman–Crippen LogP) is 1.67. The monoisotopic (exact) mass is 321 g/mol. The number of rotatable bonds is 6. The summed E-state index contributed by atoms with van der Waals surface area (Å²) in [6.07, 6.45) is 1.20. The van der Waals surface area contributed by atoms with Gasteiger partial charge in [0, 0.05) is 18.6 Å². The second kappa shape index (κ2) is 7.06. The van der Waals surface area contributed by atoms with Crippen LogP contribution in [0.1, 0.15) is 19.1 Å². The van der Waals surface area contributed by atoms with Crippen LogP contribution in [-0.2, 0) is 6.42 Å². The molecule has 7 nitrogen and oxygen atoms in total. The highest BCUT2D eigenvalue weighted by atomic mass is 16.4. The molecule has 0 saturated heterocycles. The molecule has 1 aromatic carbocycles. The van der Waals surface area contributed by atoms with Gasteiger partial charge in [0.05, 0.1) is 5.56 Å². The summed E-state index contributed by atoms with van der Waals surface area (Å²) in [5.74, 6) is -2.01. The maximum absolute atomic E-state index is 11.9. The Balaban J connectivity index is 2.40. The number of hydrogen-bond donors (Lipinski definition) is 5. The molecule has 0 unspecified atom stereocenters. The fraction of sp³-hybridized carbons (Fsp3) is 0.312. The molecular formula is C16H19NO6. The molecule has 0 aliphatic heterocycles. The van der Waals surface area contributed by atoms with Gasteiger partial charge in [-0.05, 0) is 25.6 Å². The molecule has 2 aromatic rings. The van der Waals surface area contributed by atoms with Crippen LogP contribution in [0.15, 0.2) is 27.4 Å². The highest BCUT2D eigenvalue weighted by Crippen LogP contribution is 2.40. The van der Waals surface area contributed by atoms with Crippen molar-refractivity contribution in [2.75, 3.05) is 13.1 Å². The van der Waals surface area contributed by atoms with Crippen molar-refractivity contribution in [1.29, 1.82) is 0 Å². The predicted molar refractivity (Wildman–Crippen MR) is 83.9 cm³/mol. The first kappa shape index (κ1) is 16.7. The number of phenolic OH excluding ortho intramolecular Hbond substituents is 3. The fourth-order valence-corrected chi connectivity index (χ4v) is 2.15. The number of nitrogens with one attached hydrogen (secondary N) is 1. The molecular weight excluding hydrogens is 302 g/mol. The van der Waals surface area contributed by atoms with Gasteiger partial charge in [-0.1, -0.05) is 6.92 Å². The first-order valence-corrected chi connectivity index (χ1v) is 7.26. The highest BCUT2D eigenvalue weighted by Gasteiger charge is 2.19. The molecule has 0 saturated carbocycles. The van der Waals surface area contributed by atoms with E-state index in [0.29, 0.717) is 12.2 Å². The lowest BCUT2D eigenvalue weighted by Crippen LogP contribution is -2.14. The summed E-state index contributed by atoms with van der Waals surface area (Å²) in [7, 11) is 0. The van der Waals surface area contributed by atoms with Crippen LogP contribution in [0, 0.1) is 0 Å². The zero-order valence-electron chi connectivity index (χ0n) is 12.7. The van der Waals surface area contributed by atoms with Crippen molar-refractivity contribution in [2.24, 2.45) is 0 Å². The van der Waals surface area contributed by atoms with Crippen LogP contribution in [0.4, 0.5) is 0 Å². The lowest BCUT2D eigenvalue weighted by atomic mass is 10.1. The van der Waals surface area contributed by atoms with E-state index < -0.39 is 28.4 Å². The quantitative estimate of drug-likeness (QED) is 0.311. The third-order valence-electron chi connectivity index (χ3n) is 3.34. The van der Waals surface area contributed by atoms with Gasteiger partial charge in [0.1, 0.15) is 11.5 Å². The van der Waals surface area contributed by atoms with E-state index in [1.54, 1.807) is 0 Å². The van der Waals surface area contributed by atoms with Crippen molar-refractivity contribution in [1.82, 2.24) is 5.32 Å². The van der Waals surface area contributed by atoms with E-state index >= 15 is 0 Å². The molecule has 0 spiro atoms. The lowest BCUT2D eigenvalue weighted by molar-refractivity contribution is 0.393. The van der Waals surface area contributed by atoms with Gasteiger partial charge in [-0.3, -0.25) is 4.79 Å². The Kier molecular flexibility index (Phi) is 5.13. The Morgan fingerprint density at radius 1 is 1.04 bits per heavy atom. The van der Waals surface area contributed by atoms with Crippen LogP contribution in [0.5, 0.6) is 23.0 Å². The molecule has 2 rings (SSSR count). The minimum atomic E-state index is -0.666. The van der Waals surface area contributed by atoms with Gasteiger partial charge in [-0.25, -0.2) is 0 Å². The van der Waals surface area contributed by atoms with Crippen molar-refractivity contribution < 1.29 is 24.8 Å². The van der Waals surface area contributed by atoms with Crippen molar-refractivity contribution in [2.45, 2.75) is 19.8 Å². The Morgan fingerprint density at radius 2 is 1.74 bits per heavy atom. The molecule has 7 heteroatoms. The molecule has 0 aliphatic rings. The van der Waals surface area contributed by atoms with Gasteiger partial charge in [0.15, 0.2) is 17.3 Å². The maximum Gasteiger partial charge on any atom is 0.227 e. The van der Waals surface area contributed by atoms with Gasteiger partial charge in [0.2, 0.25) is 11.2 Å². The molecule has 1 aromatic heterocycles. The third-order valence-corrected chi connectivity index (χ3v) is 3.34. The van der Waals surface area contributed by atoms with Crippen molar-refractivity contribution in [3.8, 4) is 34.3 Å². The van der Waals surface area contributed by atoms with Gasteiger partial charge >= 0.3 is 0 Å². The number of phenols is 3. The van der Waals surface area contributed by atoms with Gasteiger partial charge in [0.25, 0.3) is 0 Å². The summed E-state index contributed by atoms with van der Waals surface area (Å²) < 4.78 is 5.50. The molecule has 124 valence electrons. The van der Waals surface area contributed by atoms with Crippen LogP contribution in [0.3, 0.4) is 0 Å².